The van der Waals surface area contributed by atoms with Crippen LogP contribution in [-0.2, 0) is 4.79 Å². The third-order valence-electron chi connectivity index (χ3n) is 1.22. The molecule has 9 heavy (non-hydrogen) atoms. The molecule has 0 aliphatic carbocycles. The summed E-state index contributed by atoms with van der Waals surface area (Å²) in [5, 5.41) is 0. The number of rotatable bonds is 0. The van der Waals surface area contributed by atoms with E-state index in [2.05, 4.69) is 0 Å². The van der Waals surface area contributed by atoms with Gasteiger partial charge in [-0.15, -0.1) is 0 Å². The molecule has 1 rings (SSSR count). The van der Waals surface area contributed by atoms with Crippen molar-refractivity contribution >= 4 is 5.91 Å². The highest BCUT2D eigenvalue weighted by Gasteiger charge is 2.02. The van der Waals surface area contributed by atoms with Crippen molar-refractivity contribution in [2.75, 3.05) is 6.54 Å². The van der Waals surface area contributed by atoms with Crippen LogP contribution in [0.4, 0.5) is 0 Å². The lowest BCUT2D eigenvalue weighted by molar-refractivity contribution is -0.125. The number of carbonyl (C=O) groups is 1. The molecule has 0 N–H and O–H groups in total. The SMILES string of the molecule is CC(=O)N1C=CC=CC1. The van der Waals surface area contributed by atoms with Gasteiger partial charge in [0.2, 0.25) is 5.91 Å². The molecule has 1 aliphatic heterocycles. The fourth-order valence-corrected chi connectivity index (χ4v) is 0.701. The molecule has 0 bridgehead atoms. The molecule has 0 aromatic carbocycles. The smallest absolute Gasteiger partial charge is 0.223 e. The first-order chi connectivity index (χ1) is 4.30. The molecule has 2 heteroatoms. The van der Waals surface area contributed by atoms with E-state index in [9.17, 15) is 4.79 Å². The van der Waals surface area contributed by atoms with Crippen LogP contribution in [0.15, 0.2) is 24.4 Å². The topological polar surface area (TPSA) is 20.3 Å². The van der Waals surface area contributed by atoms with E-state index in [4.69, 9.17) is 0 Å². The second-order valence-corrected chi connectivity index (χ2v) is 1.94. The summed E-state index contributed by atoms with van der Waals surface area (Å²) in [6.07, 6.45) is 7.51. The Balaban J connectivity index is 2.56. The number of allylic oxidation sites excluding steroid dienone is 2. The highest BCUT2D eigenvalue weighted by molar-refractivity contribution is 5.74. The fourth-order valence-electron chi connectivity index (χ4n) is 0.701. The molecule has 1 heterocycles. The minimum atomic E-state index is 0.0931. The molecule has 0 saturated carbocycles. The van der Waals surface area contributed by atoms with E-state index in [1.54, 1.807) is 18.0 Å². The van der Waals surface area contributed by atoms with E-state index < -0.39 is 0 Å². The van der Waals surface area contributed by atoms with Crippen molar-refractivity contribution in [1.29, 1.82) is 0 Å². The van der Waals surface area contributed by atoms with Gasteiger partial charge in [0.25, 0.3) is 0 Å². The summed E-state index contributed by atoms with van der Waals surface area (Å²) in [6, 6.07) is 0. The van der Waals surface area contributed by atoms with Gasteiger partial charge in [0.05, 0.1) is 0 Å². The van der Waals surface area contributed by atoms with Gasteiger partial charge in [0.15, 0.2) is 0 Å². The first-order valence-electron chi connectivity index (χ1n) is 2.91. The molecule has 0 spiro atoms. The predicted octanol–water partition coefficient (Wildman–Crippen LogP) is 0.918. The Labute approximate surface area is 54.5 Å². The first-order valence-corrected chi connectivity index (χ1v) is 2.91. The van der Waals surface area contributed by atoms with Gasteiger partial charge in [0.1, 0.15) is 0 Å². The Kier molecular flexibility index (Phi) is 1.68. The van der Waals surface area contributed by atoms with Crippen LogP contribution >= 0.6 is 0 Å². The average Bonchev–Trinajstić information content (AvgIpc) is 1.90. The van der Waals surface area contributed by atoms with Gasteiger partial charge in [-0.3, -0.25) is 4.79 Å². The van der Waals surface area contributed by atoms with Gasteiger partial charge in [-0.25, -0.2) is 0 Å². The van der Waals surface area contributed by atoms with Gasteiger partial charge in [-0.05, 0) is 6.08 Å². The Hall–Kier alpha value is -1.05. The molecular weight excluding hydrogens is 114 g/mol. The molecule has 1 amide bonds. The van der Waals surface area contributed by atoms with Crippen LogP contribution in [0.25, 0.3) is 0 Å². The van der Waals surface area contributed by atoms with E-state index >= 15 is 0 Å². The van der Waals surface area contributed by atoms with E-state index in [1.165, 1.54) is 0 Å². The number of carbonyl (C=O) groups excluding carboxylic acids is 1. The molecule has 0 radical (unpaired) electrons. The maximum atomic E-state index is 10.6. The quantitative estimate of drug-likeness (QED) is 0.469. The van der Waals surface area contributed by atoms with Crippen molar-refractivity contribution in [3.05, 3.63) is 24.4 Å². The Morgan fingerprint density at radius 1 is 1.56 bits per heavy atom. The highest BCUT2D eigenvalue weighted by Crippen LogP contribution is 1.97. The summed E-state index contributed by atoms with van der Waals surface area (Å²) in [6.45, 7) is 2.27. The summed E-state index contributed by atoms with van der Waals surface area (Å²) in [7, 11) is 0. The first kappa shape index (κ1) is 6.08. The van der Waals surface area contributed by atoms with Crippen LogP contribution < -0.4 is 0 Å². The molecule has 0 aromatic heterocycles. The number of hydrogen-bond donors (Lipinski definition) is 0. The summed E-state index contributed by atoms with van der Waals surface area (Å²) in [4.78, 5) is 12.3. The van der Waals surface area contributed by atoms with Crippen LogP contribution in [0.5, 0.6) is 0 Å². The van der Waals surface area contributed by atoms with Crippen LogP contribution in [0.1, 0.15) is 6.92 Å². The number of nitrogens with zero attached hydrogens (tertiary/aromatic N) is 1. The summed E-state index contributed by atoms with van der Waals surface area (Å²) >= 11 is 0. The van der Waals surface area contributed by atoms with Crippen LogP contribution in [-0.4, -0.2) is 17.4 Å². The van der Waals surface area contributed by atoms with Crippen molar-refractivity contribution in [2.24, 2.45) is 0 Å². The van der Waals surface area contributed by atoms with Crippen molar-refractivity contribution < 1.29 is 4.79 Å². The maximum Gasteiger partial charge on any atom is 0.223 e. The molecule has 0 saturated heterocycles. The molecule has 0 unspecified atom stereocenters. The van der Waals surface area contributed by atoms with E-state index in [0.717, 1.165) is 0 Å². The maximum absolute atomic E-state index is 10.6. The lowest BCUT2D eigenvalue weighted by Gasteiger charge is -2.14. The van der Waals surface area contributed by atoms with Gasteiger partial charge >= 0.3 is 0 Å². The zero-order valence-electron chi connectivity index (χ0n) is 5.37. The standard InChI is InChI=1S/C7H9NO/c1-7(9)8-5-3-2-4-6-8/h2-5H,6H2,1H3. The molecule has 0 aromatic rings. The average molecular weight is 123 g/mol. The zero-order valence-corrected chi connectivity index (χ0v) is 5.37. The fraction of sp³-hybridized carbons (Fsp3) is 0.286. The number of amides is 1. The van der Waals surface area contributed by atoms with Crippen LogP contribution in [0.2, 0.25) is 0 Å². The summed E-state index contributed by atoms with van der Waals surface area (Å²) < 4.78 is 0. The molecule has 0 fully saturated rings. The zero-order chi connectivity index (χ0) is 6.69. The van der Waals surface area contributed by atoms with E-state index in [0.29, 0.717) is 6.54 Å². The molecule has 0 atom stereocenters. The van der Waals surface area contributed by atoms with Gasteiger partial charge in [-0.1, -0.05) is 12.2 Å². The van der Waals surface area contributed by atoms with Gasteiger partial charge < -0.3 is 4.90 Å². The van der Waals surface area contributed by atoms with Crippen molar-refractivity contribution in [1.82, 2.24) is 4.90 Å². The van der Waals surface area contributed by atoms with Crippen molar-refractivity contribution in [3.8, 4) is 0 Å². The lowest BCUT2D eigenvalue weighted by Crippen LogP contribution is -2.23. The molecular formula is C7H9NO. The Bertz CT molecular complexity index is 170. The Morgan fingerprint density at radius 2 is 2.33 bits per heavy atom. The minimum Gasteiger partial charge on any atom is -0.316 e. The normalized spacial score (nSPS) is 16.3. The monoisotopic (exact) mass is 123 g/mol. The molecule has 48 valence electrons. The highest BCUT2D eigenvalue weighted by atomic mass is 16.2. The van der Waals surface area contributed by atoms with Crippen molar-refractivity contribution in [3.63, 3.8) is 0 Å². The third kappa shape index (κ3) is 1.42. The van der Waals surface area contributed by atoms with Crippen LogP contribution in [0.3, 0.4) is 0 Å². The second kappa shape index (κ2) is 2.49. The van der Waals surface area contributed by atoms with E-state index in [1.807, 2.05) is 18.2 Å². The third-order valence-corrected chi connectivity index (χ3v) is 1.22. The lowest BCUT2D eigenvalue weighted by atomic mass is 10.3. The summed E-state index contributed by atoms with van der Waals surface area (Å²) in [5.74, 6) is 0.0931. The predicted molar refractivity (Wildman–Crippen MR) is 35.7 cm³/mol. The second-order valence-electron chi connectivity index (χ2n) is 1.94. The minimum absolute atomic E-state index is 0.0931. The van der Waals surface area contributed by atoms with E-state index in [-0.39, 0.29) is 5.91 Å². The van der Waals surface area contributed by atoms with Gasteiger partial charge in [0, 0.05) is 19.7 Å². The largest absolute Gasteiger partial charge is 0.316 e. The molecule has 2 nitrogen and oxygen atoms in total. The molecule has 1 aliphatic rings. The summed E-state index contributed by atoms with van der Waals surface area (Å²) in [5.41, 5.74) is 0. The number of hydrogen-bond acceptors (Lipinski definition) is 1. The Morgan fingerprint density at radius 3 is 2.67 bits per heavy atom. The van der Waals surface area contributed by atoms with Crippen molar-refractivity contribution in [2.45, 2.75) is 6.92 Å². The van der Waals surface area contributed by atoms with Crippen LogP contribution in [0, 0.1) is 0 Å². The van der Waals surface area contributed by atoms with Gasteiger partial charge in [-0.2, -0.15) is 0 Å².